The van der Waals surface area contributed by atoms with Gasteiger partial charge in [0.2, 0.25) is 12.0 Å². The fourth-order valence-corrected chi connectivity index (χ4v) is 13.0. The Kier molecular flexibility index (Phi) is 8.81. The lowest BCUT2D eigenvalue weighted by Crippen LogP contribution is -2.81. The van der Waals surface area contributed by atoms with Crippen LogP contribution < -0.4 is 9.64 Å². The topological polar surface area (TPSA) is 165 Å². The molecule has 1 saturated carbocycles. The molecule has 3 fully saturated rings. The summed E-state index contributed by atoms with van der Waals surface area (Å²) in [5, 5.41) is 38.2. The number of hydrogen-bond donors (Lipinski definition) is 4. The number of nitrogens with one attached hydrogen (secondary N) is 1. The molecular formula is C44H54N4O9. The van der Waals surface area contributed by atoms with Gasteiger partial charge in [0.1, 0.15) is 17.3 Å². The molecule has 2 saturated heterocycles. The van der Waals surface area contributed by atoms with E-state index >= 15 is 4.79 Å². The number of ether oxygens (including phenoxy) is 3. The zero-order valence-corrected chi connectivity index (χ0v) is 33.4. The molecule has 3 aromatic rings. The van der Waals surface area contributed by atoms with E-state index in [1.807, 2.05) is 50.3 Å². The molecule has 13 nitrogen and oxygen atoms in total. The van der Waals surface area contributed by atoms with E-state index in [0.29, 0.717) is 99.5 Å². The lowest BCUT2D eigenvalue weighted by atomic mass is 9.47. The number of rotatable bonds is 7. The number of esters is 2. The third-order valence-corrected chi connectivity index (χ3v) is 15.3. The number of fused-ring (bicyclic) bond motifs is 6. The van der Waals surface area contributed by atoms with Crippen molar-refractivity contribution >= 4 is 34.9 Å². The molecule has 304 valence electrons. The van der Waals surface area contributed by atoms with Crippen molar-refractivity contribution in [3.05, 3.63) is 70.9 Å². The molecule has 1 aromatic heterocycles. The number of methoxy groups -OCH3 is 3. The van der Waals surface area contributed by atoms with Crippen LogP contribution in [0.2, 0.25) is 0 Å². The standard InChI is InChI=1S/C44H54N4O9/c1-6-40(53)21-26-22-43(38(51)56-4,34-28(13-17-46(23-26)24-40)27-11-8-9-12-31(27)45-34)30-19-29-32(20-33(30)55-3)48(25-49)36-42(29)15-18-47-16-10-14-41(7-2,35(42)47)37(50)44(36,54)39(52)57-5/h8-12,14,19-20,25-26,35-37,45,50,53-54H,6-7,13,15-18,21-24H2,1-5H3/t26?,35?,36?,37?,40-,41-,42-,43+,44+/m1/s1. The van der Waals surface area contributed by atoms with Crippen LogP contribution in [0.25, 0.3) is 10.9 Å². The van der Waals surface area contributed by atoms with Gasteiger partial charge in [-0.05, 0) is 74.2 Å². The van der Waals surface area contributed by atoms with Crippen molar-refractivity contribution in [3.63, 3.8) is 0 Å². The minimum Gasteiger partial charge on any atom is -0.496 e. The number of hydrogen-bond acceptors (Lipinski definition) is 11. The van der Waals surface area contributed by atoms with E-state index in [1.165, 1.54) is 26.2 Å². The highest BCUT2D eigenvalue weighted by atomic mass is 16.5. The predicted molar refractivity (Wildman–Crippen MR) is 211 cm³/mol. The number of piperidine rings is 1. The van der Waals surface area contributed by atoms with Gasteiger partial charge >= 0.3 is 11.9 Å². The molecule has 4 N–H and O–H groups in total. The van der Waals surface area contributed by atoms with Crippen molar-refractivity contribution in [2.24, 2.45) is 11.3 Å². The lowest BCUT2D eigenvalue weighted by molar-refractivity contribution is -0.218. The van der Waals surface area contributed by atoms with Gasteiger partial charge in [0.25, 0.3) is 0 Å². The number of para-hydroxylation sites is 1. The van der Waals surface area contributed by atoms with Gasteiger partial charge in [-0.2, -0.15) is 0 Å². The minimum absolute atomic E-state index is 0.136. The Hall–Kier alpha value is -4.27. The molecule has 1 amide bonds. The zero-order valence-electron chi connectivity index (χ0n) is 33.4. The molecule has 9 rings (SSSR count). The van der Waals surface area contributed by atoms with Crippen LogP contribution in [0.4, 0.5) is 5.69 Å². The first kappa shape index (κ1) is 38.3. The van der Waals surface area contributed by atoms with E-state index in [4.69, 9.17) is 14.2 Å². The van der Waals surface area contributed by atoms with E-state index in [1.54, 1.807) is 6.07 Å². The number of carbonyl (C=O) groups excluding carboxylic acids is 3. The highest BCUT2D eigenvalue weighted by Gasteiger charge is 2.79. The van der Waals surface area contributed by atoms with Gasteiger partial charge in [0.05, 0.1) is 38.7 Å². The smallest absolute Gasteiger partial charge is 0.342 e. The van der Waals surface area contributed by atoms with Crippen LogP contribution in [0, 0.1) is 11.3 Å². The fraction of sp³-hybridized carbons (Fsp3) is 0.568. The van der Waals surface area contributed by atoms with E-state index < -0.39 is 57.6 Å². The Bertz CT molecular complexity index is 2190. The van der Waals surface area contributed by atoms with Gasteiger partial charge in [0.15, 0.2) is 0 Å². The molecule has 1 spiro atoms. The molecule has 2 bridgehead atoms. The van der Waals surface area contributed by atoms with Crippen molar-refractivity contribution in [3.8, 4) is 5.75 Å². The average molecular weight is 783 g/mol. The van der Waals surface area contributed by atoms with E-state index in [0.717, 1.165) is 16.5 Å². The largest absolute Gasteiger partial charge is 0.496 e. The number of aliphatic hydroxyl groups is 3. The number of anilines is 1. The highest BCUT2D eigenvalue weighted by molar-refractivity contribution is 5.96. The first-order chi connectivity index (χ1) is 27.4. The van der Waals surface area contributed by atoms with Gasteiger partial charge < -0.3 is 39.4 Å². The fourth-order valence-electron chi connectivity index (χ4n) is 13.0. The summed E-state index contributed by atoms with van der Waals surface area (Å²) in [6, 6.07) is 10.1. The van der Waals surface area contributed by atoms with Crippen LogP contribution in [-0.4, -0.2) is 132 Å². The van der Waals surface area contributed by atoms with Crippen LogP contribution in [-0.2, 0) is 41.1 Å². The number of nitrogens with zero attached hydrogens (tertiary/aromatic N) is 3. The Morgan fingerprint density at radius 2 is 1.75 bits per heavy atom. The van der Waals surface area contributed by atoms with Gasteiger partial charge in [-0.25, -0.2) is 4.79 Å². The number of carbonyl (C=O) groups is 3. The van der Waals surface area contributed by atoms with Crippen LogP contribution in [0.1, 0.15) is 68.3 Å². The SMILES string of the molecule is CC[C@@]1(O)CC2CN(CCc3c([nH]c4ccccc34)[C@@](C(=O)OC)(c3cc4c(cc3OC)N(C=O)C3[C@@](O)(C(=O)OC)C(O)[C@]5(CC)C=CCN6CC[C@]43C65)C2)C1. The van der Waals surface area contributed by atoms with Gasteiger partial charge in [-0.1, -0.05) is 44.2 Å². The second-order valence-electron chi connectivity index (χ2n) is 17.5. The van der Waals surface area contributed by atoms with Crippen molar-refractivity contribution in [1.29, 1.82) is 0 Å². The monoisotopic (exact) mass is 782 g/mol. The normalized spacial score (nSPS) is 37.9. The molecule has 13 heteroatoms. The lowest BCUT2D eigenvalue weighted by Gasteiger charge is -2.62. The molecule has 6 heterocycles. The second-order valence-corrected chi connectivity index (χ2v) is 17.5. The van der Waals surface area contributed by atoms with Crippen molar-refractivity contribution in [1.82, 2.24) is 14.8 Å². The van der Waals surface area contributed by atoms with Crippen molar-refractivity contribution < 1.29 is 43.9 Å². The molecule has 5 aliphatic heterocycles. The second kappa shape index (κ2) is 13.1. The Morgan fingerprint density at radius 1 is 0.982 bits per heavy atom. The summed E-state index contributed by atoms with van der Waals surface area (Å²) in [4.78, 5) is 52.5. The third kappa shape index (κ3) is 4.77. The minimum atomic E-state index is -2.52. The maximum atomic E-state index is 15.2. The number of amides is 1. The van der Waals surface area contributed by atoms with Crippen molar-refractivity contribution in [2.75, 3.05) is 59.0 Å². The molecule has 1 aliphatic carbocycles. The predicted octanol–water partition coefficient (Wildman–Crippen LogP) is 2.95. The highest BCUT2D eigenvalue weighted by Crippen LogP contribution is 2.67. The number of benzene rings is 2. The third-order valence-electron chi connectivity index (χ3n) is 15.3. The Morgan fingerprint density at radius 3 is 2.46 bits per heavy atom. The number of aliphatic hydroxyl groups excluding tert-OH is 1. The molecule has 6 aliphatic rings. The van der Waals surface area contributed by atoms with Gasteiger partial charge in [0, 0.05) is 71.3 Å². The Balaban J connectivity index is 1.38. The first-order valence-electron chi connectivity index (χ1n) is 20.4. The summed E-state index contributed by atoms with van der Waals surface area (Å²) in [5.74, 6) is -1.33. The first-order valence-corrected chi connectivity index (χ1v) is 20.4. The quantitative estimate of drug-likeness (QED) is 0.158. The van der Waals surface area contributed by atoms with E-state index in [9.17, 15) is 24.9 Å². The summed E-state index contributed by atoms with van der Waals surface area (Å²) in [5.41, 5.74) is -2.95. The van der Waals surface area contributed by atoms with Crippen LogP contribution in [0.15, 0.2) is 48.6 Å². The molecule has 5 unspecified atom stereocenters. The maximum absolute atomic E-state index is 15.2. The van der Waals surface area contributed by atoms with Gasteiger partial charge in [-0.15, -0.1) is 0 Å². The molecule has 10 atom stereocenters. The van der Waals surface area contributed by atoms with E-state index in [-0.39, 0.29) is 12.3 Å². The number of aromatic amines is 1. The summed E-state index contributed by atoms with van der Waals surface area (Å²) < 4.78 is 17.4. The molecular weight excluding hydrogens is 729 g/mol. The zero-order chi connectivity index (χ0) is 40.3. The van der Waals surface area contributed by atoms with Crippen molar-refractivity contribution in [2.45, 2.75) is 92.6 Å². The summed E-state index contributed by atoms with van der Waals surface area (Å²) in [6.45, 7) is 7.01. The van der Waals surface area contributed by atoms with Gasteiger partial charge in [-0.3, -0.25) is 19.4 Å². The van der Waals surface area contributed by atoms with Crippen LogP contribution >= 0.6 is 0 Å². The van der Waals surface area contributed by atoms with E-state index in [2.05, 4.69) is 20.9 Å². The Labute approximate surface area is 332 Å². The molecule has 2 aromatic carbocycles. The maximum Gasteiger partial charge on any atom is 0.342 e. The average Bonchev–Trinajstić information content (AvgIpc) is 3.90. The summed E-state index contributed by atoms with van der Waals surface area (Å²) in [6.07, 6.45) is 5.71. The van der Waals surface area contributed by atoms with Crippen LogP contribution in [0.3, 0.4) is 0 Å². The molecule has 0 radical (unpaired) electrons. The number of aromatic nitrogens is 1. The number of H-pyrrole nitrogens is 1. The molecule has 57 heavy (non-hydrogen) atoms. The summed E-state index contributed by atoms with van der Waals surface area (Å²) in [7, 11) is 4.11. The summed E-state index contributed by atoms with van der Waals surface area (Å²) >= 11 is 0. The van der Waals surface area contributed by atoms with Crippen LogP contribution in [0.5, 0.6) is 5.75 Å².